The topological polar surface area (TPSA) is 25.8 Å². The first-order chi connectivity index (χ1) is 67.5. The smallest absolute Gasteiger partial charge is 0.0435 e. The molecule has 0 amide bonds. The Kier molecular flexibility index (Phi) is 73.9. The standard InChI is InChI=1S/C14H12.C11H20.C11H18.C10H18.C10H12.2C9H11N.C9H10.C8H14.2C7H12.C6H10.C5H8.9C2H6/c1-10-11-6-2-4-8-13(11)14-9-5-3-7-12(10)14;2*1-4-10-6-2-7-11(5-1)9-3-8-10;2*1-2-6-10-8-4-3-7-9(10)5-1;2*1-2-6-9-8(4-1)5-3-7-10-9;1-2-5-9-7-3-6-8(9)4-1;1-2-8-5-3-7(1)4-6-8;1-2-7-4-3-6(1)5-7;1-2-6-4-7(3-1)5-6;1-2-4-6-5-3-1;1-2-4-5-3-1;9*1-2/h2-10H,1H3;10-11H,1-9H2;1,4,10-11H,2-3,5-9H2;9-10H,1-8H2;1-2,5-6H,3-4,7-8H2;2*3,5,7H,1-2,4,6H2;1-2,4-5H,3,6-7H2;7-8H,1-6H2;2*6-7H,1-5H2;1-2H,3-6H2;1-2H,3-5H2;9*1-2H3. The summed E-state index contributed by atoms with van der Waals surface area (Å²) in [5.41, 5.74) is 17.6. The molecule has 23 aliphatic rings. The summed E-state index contributed by atoms with van der Waals surface area (Å²) in [6.45, 7) is 38.3. The van der Waals surface area contributed by atoms with Crippen LogP contribution >= 0.6 is 0 Å². The predicted molar refractivity (Wildman–Crippen MR) is 611 cm³/mol. The summed E-state index contributed by atoms with van der Waals surface area (Å²) < 4.78 is 0. The van der Waals surface area contributed by atoms with Gasteiger partial charge in [-0.1, -0.05) is 496 Å². The van der Waals surface area contributed by atoms with Gasteiger partial charge in [-0.3, -0.25) is 9.97 Å². The summed E-state index contributed by atoms with van der Waals surface area (Å²) >= 11 is 0. The number of benzene rings is 4. The first-order valence-electron chi connectivity index (χ1n) is 60.6. The lowest BCUT2D eigenvalue weighted by Crippen LogP contribution is -2.28. The highest BCUT2D eigenvalue weighted by atomic mass is 14.7. The molecular weight excluding hydrogens is 1640 g/mol. The van der Waals surface area contributed by atoms with Crippen molar-refractivity contribution in [2.75, 3.05) is 0 Å². The maximum Gasteiger partial charge on any atom is 0.0435 e. The molecule has 0 unspecified atom stereocenters. The molecule has 0 aliphatic heterocycles. The van der Waals surface area contributed by atoms with E-state index in [1.807, 2.05) is 149 Å². The first kappa shape index (κ1) is 123. The van der Waals surface area contributed by atoms with Gasteiger partial charge in [0.05, 0.1) is 0 Å². The van der Waals surface area contributed by atoms with Crippen LogP contribution in [0.3, 0.4) is 0 Å². The number of hydrogen-bond acceptors (Lipinski definition) is 2. The van der Waals surface area contributed by atoms with Crippen LogP contribution in [-0.4, -0.2) is 9.97 Å². The van der Waals surface area contributed by atoms with E-state index in [0.29, 0.717) is 5.92 Å². The highest BCUT2D eigenvalue weighted by Crippen LogP contribution is 2.48. The zero-order valence-corrected chi connectivity index (χ0v) is 93.4. The Hall–Kier alpha value is -5.60. The van der Waals surface area contributed by atoms with Crippen LogP contribution in [-0.2, 0) is 51.4 Å². The number of rotatable bonds is 0. The summed E-state index contributed by atoms with van der Waals surface area (Å²) in [6, 6.07) is 43.4. The van der Waals surface area contributed by atoms with Gasteiger partial charge in [0.15, 0.2) is 0 Å². The van der Waals surface area contributed by atoms with Crippen molar-refractivity contribution < 1.29 is 0 Å². The van der Waals surface area contributed by atoms with E-state index in [1.165, 1.54) is 306 Å². The van der Waals surface area contributed by atoms with E-state index in [2.05, 4.69) is 163 Å². The van der Waals surface area contributed by atoms with Crippen molar-refractivity contribution >= 4 is 0 Å². The van der Waals surface area contributed by atoms with E-state index < -0.39 is 0 Å². The van der Waals surface area contributed by atoms with E-state index in [-0.39, 0.29) is 0 Å². The van der Waals surface area contributed by atoms with Gasteiger partial charge >= 0.3 is 0 Å². The van der Waals surface area contributed by atoms with Crippen LogP contribution in [0.1, 0.15) is 540 Å². The lowest BCUT2D eigenvalue weighted by atomic mass is 9.65. The van der Waals surface area contributed by atoms with Crippen molar-refractivity contribution in [1.82, 2.24) is 9.97 Å². The Morgan fingerprint density at radius 2 is 0.478 bits per heavy atom. The number of pyridine rings is 2. The third-order valence-electron chi connectivity index (χ3n) is 32.2. The predicted octanol–water partition coefficient (Wildman–Crippen LogP) is 43.2. The number of allylic oxidation sites excluding steroid dienone is 6. The summed E-state index contributed by atoms with van der Waals surface area (Å²) in [7, 11) is 0. The van der Waals surface area contributed by atoms with Gasteiger partial charge < -0.3 is 0 Å². The largest absolute Gasteiger partial charge is 0.261 e. The molecule has 29 rings (SSSR count). The van der Waals surface area contributed by atoms with Gasteiger partial charge in [0.25, 0.3) is 0 Å². The van der Waals surface area contributed by atoms with Crippen LogP contribution < -0.4 is 0 Å². The van der Waals surface area contributed by atoms with Crippen molar-refractivity contribution in [2.45, 2.75) is 536 Å². The van der Waals surface area contributed by atoms with Gasteiger partial charge in [0, 0.05) is 29.7 Å². The molecule has 23 aliphatic carbocycles. The highest BCUT2D eigenvalue weighted by Gasteiger charge is 2.34. The number of hydrogen-bond donors (Lipinski definition) is 0. The van der Waals surface area contributed by atoms with Crippen LogP contribution in [0.15, 0.2) is 170 Å². The third-order valence-corrected chi connectivity index (χ3v) is 32.2. The number of aromatic nitrogens is 2. The summed E-state index contributed by atoms with van der Waals surface area (Å²) in [5.74, 6) is 14.1. The van der Waals surface area contributed by atoms with Crippen molar-refractivity contribution in [2.24, 2.45) is 71.0 Å². The fourth-order valence-electron chi connectivity index (χ4n) is 24.8. The molecule has 768 valence electrons. The Balaban J connectivity index is 0.000000305. The molecule has 0 atom stereocenters. The fourth-order valence-corrected chi connectivity index (χ4v) is 24.8. The van der Waals surface area contributed by atoms with E-state index >= 15 is 0 Å². The Labute approximate surface area is 848 Å². The monoisotopic (exact) mass is 1860 g/mol. The Morgan fingerprint density at radius 1 is 0.206 bits per heavy atom. The number of nitrogens with zero attached hydrogens (tertiary/aromatic N) is 2. The summed E-state index contributed by atoms with van der Waals surface area (Å²) in [6.07, 6.45) is 108. The van der Waals surface area contributed by atoms with E-state index in [1.54, 1.807) is 183 Å². The van der Waals surface area contributed by atoms with Crippen molar-refractivity contribution in [3.8, 4) is 11.1 Å². The summed E-state index contributed by atoms with van der Waals surface area (Å²) in [4.78, 5) is 8.64. The van der Waals surface area contributed by atoms with Gasteiger partial charge in [-0.25, -0.2) is 0 Å². The summed E-state index contributed by atoms with van der Waals surface area (Å²) in [5, 5.41) is 0. The first-order valence-corrected chi connectivity index (χ1v) is 60.6. The minimum Gasteiger partial charge on any atom is -0.261 e. The molecule has 14 saturated carbocycles. The molecule has 2 aromatic heterocycles. The normalized spacial score (nSPS) is 25.0. The molecule has 2 nitrogen and oxygen atoms in total. The molecule has 14 fully saturated rings. The Morgan fingerprint density at radius 3 is 0.779 bits per heavy atom. The molecule has 6 aromatic rings. The SMILES string of the molecule is C1=CC2CCCC(C1)CCC2.C1=CCCC1.C1=CCCCC1.C1CC2CC(C1)C2.C1CC2CCC1C2.C1CC2CCC1CC2.C1CC2CCCC(C1)CCC2.C1CCC2CCCCC2C1.CC.CC.CC.CC.CC.CC.CC.CC.CC.CC1c2ccccc2-c2ccccc21.c1ccc2c(c1)CCC2.c1ccc2c(c1)CCCC2.c1cnc2c(c1)CCCC2.c1cnc2c(c1)CCCC2. The van der Waals surface area contributed by atoms with Crippen molar-refractivity contribution in [3.05, 3.63) is 226 Å². The van der Waals surface area contributed by atoms with Crippen molar-refractivity contribution in [3.63, 3.8) is 0 Å². The zero-order chi connectivity index (χ0) is 98.5. The average Bonchev–Trinajstić information content (AvgIpc) is 1.62. The lowest BCUT2D eigenvalue weighted by molar-refractivity contribution is 0.116. The second-order valence-corrected chi connectivity index (χ2v) is 40.8. The second kappa shape index (κ2) is 81.9. The van der Waals surface area contributed by atoms with Crippen molar-refractivity contribution in [1.29, 1.82) is 0 Å². The fraction of sp³-hybridized carbons (Fsp3) is 0.701. The molecule has 10 bridgehead atoms. The molecule has 0 saturated heterocycles. The van der Waals surface area contributed by atoms with Crippen LogP contribution in [0.2, 0.25) is 0 Å². The third kappa shape index (κ3) is 48.4. The van der Waals surface area contributed by atoms with Gasteiger partial charge in [0.2, 0.25) is 0 Å². The van der Waals surface area contributed by atoms with E-state index in [9.17, 15) is 0 Å². The lowest BCUT2D eigenvalue weighted by Gasteiger charge is -2.40. The number of aryl methyl sites for hydroxylation is 8. The van der Waals surface area contributed by atoms with Crippen LogP contribution in [0.25, 0.3) is 11.1 Å². The molecule has 4 aromatic carbocycles. The molecular formula is C134H222N2. The van der Waals surface area contributed by atoms with Crippen LogP contribution in [0.4, 0.5) is 0 Å². The molecule has 2 heterocycles. The highest BCUT2D eigenvalue weighted by molar-refractivity contribution is 5.78. The molecule has 0 spiro atoms. The van der Waals surface area contributed by atoms with Crippen LogP contribution in [0.5, 0.6) is 0 Å². The minimum atomic E-state index is 0.558. The van der Waals surface area contributed by atoms with Gasteiger partial charge in [-0.05, 0) is 319 Å². The minimum absolute atomic E-state index is 0.558. The van der Waals surface area contributed by atoms with E-state index in [4.69, 9.17) is 0 Å². The van der Waals surface area contributed by atoms with Crippen LogP contribution in [0, 0.1) is 71.0 Å². The maximum absolute atomic E-state index is 4.32. The molecule has 0 N–H and O–H groups in total. The quantitative estimate of drug-likeness (QED) is 0.142. The molecule has 136 heavy (non-hydrogen) atoms. The van der Waals surface area contributed by atoms with E-state index in [0.717, 1.165) is 47.3 Å². The van der Waals surface area contributed by atoms with Gasteiger partial charge in [0.1, 0.15) is 0 Å². The molecule has 2 heteroatoms. The number of fused-ring (bicyclic) bond motifs is 26. The zero-order valence-electron chi connectivity index (χ0n) is 93.4. The van der Waals surface area contributed by atoms with Gasteiger partial charge in [-0.15, -0.1) is 0 Å². The maximum atomic E-state index is 4.32. The van der Waals surface area contributed by atoms with Gasteiger partial charge in [-0.2, -0.15) is 0 Å². The average molecular weight is 1860 g/mol. The Bertz CT molecular complexity index is 3400. The second-order valence-electron chi connectivity index (χ2n) is 40.8. The molecule has 0 radical (unpaired) electrons.